The molecule has 2 aromatic rings. The maximum Gasteiger partial charge on any atom is 0.270 e. The molecular formula is C18H22N2O2. The highest BCUT2D eigenvalue weighted by molar-refractivity contribution is 5.99. The average Bonchev–Trinajstić information content (AvgIpc) is 2.91. The standard InChI is InChI=1S/C18H22N2O2/c1-19-14-7-3-2-6-13(14)12-16(19)18(21)20-10-11-22-17-9-5-4-8-15(17)20/h2-3,6-7,12,15,17H,4-5,8-11H2,1H3/t15-,17+/m1/s1. The molecule has 0 N–H and O–H groups in total. The van der Waals surface area contributed by atoms with E-state index in [4.69, 9.17) is 4.74 Å². The average molecular weight is 298 g/mol. The van der Waals surface area contributed by atoms with Gasteiger partial charge in [0, 0.05) is 24.5 Å². The van der Waals surface area contributed by atoms with Crippen LogP contribution < -0.4 is 0 Å². The van der Waals surface area contributed by atoms with Crippen molar-refractivity contribution >= 4 is 16.8 Å². The third-order valence-electron chi connectivity index (χ3n) is 5.16. The molecule has 4 rings (SSSR count). The van der Waals surface area contributed by atoms with Gasteiger partial charge in [-0.3, -0.25) is 4.79 Å². The molecule has 1 aliphatic carbocycles. The number of aromatic nitrogens is 1. The summed E-state index contributed by atoms with van der Waals surface area (Å²) in [6.45, 7) is 1.37. The molecule has 116 valence electrons. The van der Waals surface area contributed by atoms with Crippen molar-refractivity contribution in [2.75, 3.05) is 13.2 Å². The SMILES string of the molecule is Cn1c(C(=O)N2CCO[C@H]3CCCC[C@H]32)cc2ccccc21. The highest BCUT2D eigenvalue weighted by Gasteiger charge is 2.37. The number of rotatable bonds is 1. The third-order valence-corrected chi connectivity index (χ3v) is 5.16. The summed E-state index contributed by atoms with van der Waals surface area (Å²) in [6.07, 6.45) is 4.81. The predicted octanol–water partition coefficient (Wildman–Crippen LogP) is 2.96. The molecule has 4 nitrogen and oxygen atoms in total. The quantitative estimate of drug-likeness (QED) is 0.811. The van der Waals surface area contributed by atoms with Crippen LogP contribution >= 0.6 is 0 Å². The van der Waals surface area contributed by atoms with E-state index in [0.717, 1.165) is 29.4 Å². The fourth-order valence-corrected chi connectivity index (χ4v) is 3.99. The van der Waals surface area contributed by atoms with Gasteiger partial charge in [0.1, 0.15) is 5.69 Å². The van der Waals surface area contributed by atoms with E-state index in [9.17, 15) is 4.79 Å². The summed E-state index contributed by atoms with van der Waals surface area (Å²) in [5, 5.41) is 1.13. The summed E-state index contributed by atoms with van der Waals surface area (Å²) in [4.78, 5) is 15.2. The van der Waals surface area contributed by atoms with Gasteiger partial charge in [0.05, 0.1) is 18.8 Å². The zero-order chi connectivity index (χ0) is 15.1. The molecule has 2 heterocycles. The first-order chi connectivity index (χ1) is 10.8. The minimum Gasteiger partial charge on any atom is -0.374 e. The molecule has 2 aliphatic rings. The van der Waals surface area contributed by atoms with Gasteiger partial charge in [-0.2, -0.15) is 0 Å². The first-order valence-electron chi connectivity index (χ1n) is 8.23. The number of amides is 1. The summed E-state index contributed by atoms with van der Waals surface area (Å²) >= 11 is 0. The van der Waals surface area contributed by atoms with E-state index >= 15 is 0 Å². The van der Waals surface area contributed by atoms with Gasteiger partial charge in [-0.05, 0) is 25.0 Å². The van der Waals surface area contributed by atoms with Crippen LogP contribution in [-0.2, 0) is 11.8 Å². The lowest BCUT2D eigenvalue weighted by Crippen LogP contribution is -2.55. The summed E-state index contributed by atoms with van der Waals surface area (Å²) in [7, 11) is 1.98. The number of aryl methyl sites for hydroxylation is 1. The number of fused-ring (bicyclic) bond motifs is 2. The Morgan fingerprint density at radius 1 is 1.23 bits per heavy atom. The topological polar surface area (TPSA) is 34.5 Å². The van der Waals surface area contributed by atoms with Gasteiger partial charge in [0.2, 0.25) is 0 Å². The highest BCUT2D eigenvalue weighted by atomic mass is 16.5. The number of para-hydroxylation sites is 1. The van der Waals surface area contributed by atoms with Crippen molar-refractivity contribution in [1.82, 2.24) is 9.47 Å². The van der Waals surface area contributed by atoms with Gasteiger partial charge < -0.3 is 14.2 Å². The highest BCUT2D eigenvalue weighted by Crippen LogP contribution is 2.30. The molecule has 1 aromatic carbocycles. The van der Waals surface area contributed by atoms with Crippen molar-refractivity contribution in [3.8, 4) is 0 Å². The lowest BCUT2D eigenvalue weighted by Gasteiger charge is -2.43. The Labute approximate surface area is 130 Å². The molecule has 0 unspecified atom stereocenters. The summed E-state index contributed by atoms with van der Waals surface area (Å²) in [6, 6.07) is 10.4. The van der Waals surface area contributed by atoms with Crippen LogP contribution in [0.2, 0.25) is 0 Å². The molecule has 1 saturated heterocycles. The van der Waals surface area contributed by atoms with Crippen molar-refractivity contribution < 1.29 is 9.53 Å². The number of carbonyl (C=O) groups excluding carboxylic acids is 1. The largest absolute Gasteiger partial charge is 0.374 e. The lowest BCUT2D eigenvalue weighted by molar-refractivity contribution is -0.0754. The van der Waals surface area contributed by atoms with Crippen molar-refractivity contribution in [2.24, 2.45) is 7.05 Å². The Kier molecular flexibility index (Phi) is 3.41. The number of carbonyl (C=O) groups is 1. The molecule has 0 radical (unpaired) electrons. The number of ether oxygens (including phenoxy) is 1. The molecule has 1 aromatic heterocycles. The van der Waals surface area contributed by atoms with Crippen LogP contribution in [0.15, 0.2) is 30.3 Å². The number of nitrogens with zero attached hydrogens (tertiary/aromatic N) is 2. The molecule has 1 aliphatic heterocycles. The minimum absolute atomic E-state index is 0.152. The molecular weight excluding hydrogens is 276 g/mol. The van der Waals surface area contributed by atoms with E-state index in [2.05, 4.69) is 17.0 Å². The van der Waals surface area contributed by atoms with Gasteiger partial charge in [-0.1, -0.05) is 31.0 Å². The van der Waals surface area contributed by atoms with Gasteiger partial charge >= 0.3 is 0 Å². The number of benzene rings is 1. The fraction of sp³-hybridized carbons (Fsp3) is 0.500. The Morgan fingerprint density at radius 2 is 2.05 bits per heavy atom. The summed E-state index contributed by atoms with van der Waals surface area (Å²) in [5.74, 6) is 0.152. The van der Waals surface area contributed by atoms with E-state index in [1.54, 1.807) is 0 Å². The normalized spacial score (nSPS) is 25.2. The van der Waals surface area contributed by atoms with Crippen molar-refractivity contribution in [1.29, 1.82) is 0 Å². The van der Waals surface area contributed by atoms with Gasteiger partial charge in [0.25, 0.3) is 5.91 Å². The van der Waals surface area contributed by atoms with Crippen LogP contribution in [0.4, 0.5) is 0 Å². The zero-order valence-electron chi connectivity index (χ0n) is 13.0. The van der Waals surface area contributed by atoms with Crippen molar-refractivity contribution in [2.45, 2.75) is 37.8 Å². The van der Waals surface area contributed by atoms with Crippen LogP contribution in [0.5, 0.6) is 0 Å². The first-order valence-corrected chi connectivity index (χ1v) is 8.23. The Hall–Kier alpha value is -1.81. The maximum absolute atomic E-state index is 13.1. The third kappa shape index (κ3) is 2.13. The van der Waals surface area contributed by atoms with Crippen LogP contribution in [0.3, 0.4) is 0 Å². The Bertz CT molecular complexity index is 704. The second kappa shape index (κ2) is 5.43. The molecule has 2 atom stereocenters. The second-order valence-electron chi connectivity index (χ2n) is 6.41. The Balaban J connectivity index is 1.68. The van der Waals surface area contributed by atoms with Crippen LogP contribution in [-0.4, -0.2) is 40.7 Å². The molecule has 4 heteroatoms. The van der Waals surface area contributed by atoms with E-state index in [1.807, 2.05) is 29.8 Å². The molecule has 0 spiro atoms. The smallest absolute Gasteiger partial charge is 0.270 e. The summed E-state index contributed by atoms with van der Waals surface area (Å²) in [5.41, 5.74) is 1.90. The molecule has 1 saturated carbocycles. The van der Waals surface area contributed by atoms with Crippen LogP contribution in [0.25, 0.3) is 10.9 Å². The van der Waals surface area contributed by atoms with Crippen LogP contribution in [0.1, 0.15) is 36.2 Å². The van der Waals surface area contributed by atoms with Crippen LogP contribution in [0, 0.1) is 0 Å². The number of hydrogen-bond acceptors (Lipinski definition) is 2. The summed E-state index contributed by atoms with van der Waals surface area (Å²) < 4.78 is 7.91. The maximum atomic E-state index is 13.1. The molecule has 1 amide bonds. The zero-order valence-corrected chi connectivity index (χ0v) is 13.0. The van der Waals surface area contributed by atoms with E-state index in [1.165, 1.54) is 12.8 Å². The van der Waals surface area contributed by atoms with Gasteiger partial charge in [0.15, 0.2) is 0 Å². The first kappa shape index (κ1) is 13.8. The van der Waals surface area contributed by atoms with Crippen molar-refractivity contribution in [3.63, 3.8) is 0 Å². The Morgan fingerprint density at radius 3 is 2.91 bits per heavy atom. The number of morpholine rings is 1. The lowest BCUT2D eigenvalue weighted by atomic mass is 9.90. The van der Waals surface area contributed by atoms with Crippen molar-refractivity contribution in [3.05, 3.63) is 36.0 Å². The molecule has 22 heavy (non-hydrogen) atoms. The van der Waals surface area contributed by atoms with E-state index in [-0.39, 0.29) is 18.1 Å². The number of hydrogen-bond donors (Lipinski definition) is 0. The van der Waals surface area contributed by atoms with E-state index < -0.39 is 0 Å². The van der Waals surface area contributed by atoms with Gasteiger partial charge in [-0.15, -0.1) is 0 Å². The monoisotopic (exact) mass is 298 g/mol. The van der Waals surface area contributed by atoms with E-state index in [0.29, 0.717) is 13.2 Å². The second-order valence-corrected chi connectivity index (χ2v) is 6.41. The predicted molar refractivity (Wildman–Crippen MR) is 86.0 cm³/mol. The fourth-order valence-electron chi connectivity index (χ4n) is 3.99. The molecule has 2 fully saturated rings. The molecule has 0 bridgehead atoms. The van der Waals surface area contributed by atoms with Gasteiger partial charge in [-0.25, -0.2) is 0 Å². The minimum atomic E-state index is 0.152.